The molecule has 38 heavy (non-hydrogen) atoms. The number of benzene rings is 4. The molecule has 0 bridgehead atoms. The summed E-state index contributed by atoms with van der Waals surface area (Å²) in [7, 11) is 0. The Bertz CT molecular complexity index is 1690. The summed E-state index contributed by atoms with van der Waals surface area (Å²) in [5, 5.41) is 11.2. The molecule has 8 nitrogen and oxygen atoms in total. The summed E-state index contributed by atoms with van der Waals surface area (Å²) in [5.74, 6) is -1.25. The van der Waals surface area contributed by atoms with E-state index in [2.05, 4.69) is 0 Å². The quantitative estimate of drug-likeness (QED) is 0.112. The summed E-state index contributed by atoms with van der Waals surface area (Å²) >= 11 is 0. The van der Waals surface area contributed by atoms with Gasteiger partial charge in [-0.05, 0) is 25.1 Å². The van der Waals surface area contributed by atoms with Crippen molar-refractivity contribution < 1.29 is 19.2 Å². The van der Waals surface area contributed by atoms with Gasteiger partial charge in [-0.25, -0.2) is 14.8 Å². The van der Waals surface area contributed by atoms with Crippen LogP contribution in [0.25, 0.3) is 33.5 Å². The molecule has 4 aromatic carbocycles. The molecule has 0 saturated heterocycles. The minimum absolute atomic E-state index is 0.0976. The van der Waals surface area contributed by atoms with Gasteiger partial charge in [-0.3, -0.25) is 14.9 Å². The van der Waals surface area contributed by atoms with Gasteiger partial charge >= 0.3 is 5.97 Å². The molecule has 0 spiro atoms. The van der Waals surface area contributed by atoms with Gasteiger partial charge in [0.15, 0.2) is 6.61 Å². The fourth-order valence-electron chi connectivity index (χ4n) is 4.05. The molecule has 5 aromatic rings. The van der Waals surface area contributed by atoms with Gasteiger partial charge in [-0.2, -0.15) is 0 Å². The number of carbonyl (C=O) groups excluding carboxylic acids is 2. The number of esters is 1. The van der Waals surface area contributed by atoms with E-state index in [9.17, 15) is 19.7 Å². The number of aryl methyl sites for hydroxylation is 1. The molecule has 0 N–H and O–H groups in total. The van der Waals surface area contributed by atoms with Crippen LogP contribution >= 0.6 is 0 Å². The molecule has 0 aliphatic heterocycles. The minimum atomic E-state index is -0.711. The Morgan fingerprint density at radius 1 is 0.763 bits per heavy atom. The predicted molar refractivity (Wildman–Crippen MR) is 143 cm³/mol. The molecule has 0 saturated carbocycles. The number of hydrogen-bond donors (Lipinski definition) is 0. The summed E-state index contributed by atoms with van der Waals surface area (Å²) in [5.41, 5.74) is 4.86. The molecule has 1 heterocycles. The lowest BCUT2D eigenvalue weighted by Crippen LogP contribution is -2.14. The monoisotopic (exact) mass is 503 g/mol. The number of Topliss-reactive ketones (excluding diaryl/α,β-unsaturated/α-hetero) is 1. The van der Waals surface area contributed by atoms with Crippen molar-refractivity contribution in [3.8, 4) is 22.5 Å². The molecular formula is C30H21N3O5. The lowest BCUT2D eigenvalue weighted by Gasteiger charge is -2.11. The van der Waals surface area contributed by atoms with Crippen LogP contribution in [0.4, 0.5) is 5.69 Å². The molecular weight excluding hydrogens is 482 g/mol. The molecule has 8 heteroatoms. The van der Waals surface area contributed by atoms with E-state index >= 15 is 0 Å². The maximum atomic E-state index is 12.8. The summed E-state index contributed by atoms with van der Waals surface area (Å²) < 4.78 is 5.23. The Morgan fingerprint density at radius 2 is 1.34 bits per heavy atom. The van der Waals surface area contributed by atoms with Crippen LogP contribution in [0.3, 0.4) is 0 Å². The van der Waals surface area contributed by atoms with Crippen molar-refractivity contribution in [3.63, 3.8) is 0 Å². The molecule has 0 aliphatic rings. The van der Waals surface area contributed by atoms with Crippen LogP contribution in [0.5, 0.6) is 0 Å². The number of carbonyl (C=O) groups is 2. The second-order valence-corrected chi connectivity index (χ2v) is 8.61. The average molecular weight is 504 g/mol. The van der Waals surface area contributed by atoms with E-state index in [-0.39, 0.29) is 16.8 Å². The van der Waals surface area contributed by atoms with Gasteiger partial charge in [0.1, 0.15) is 0 Å². The summed E-state index contributed by atoms with van der Waals surface area (Å²) in [6, 6.07) is 28.4. The largest absolute Gasteiger partial charge is 0.454 e. The Balaban J connectivity index is 1.43. The first-order valence-corrected chi connectivity index (χ1v) is 11.8. The van der Waals surface area contributed by atoms with Gasteiger partial charge in [0.05, 0.1) is 32.9 Å². The Morgan fingerprint density at radius 3 is 1.95 bits per heavy atom. The number of nitro benzene ring substituents is 1. The normalized spacial score (nSPS) is 10.8. The van der Waals surface area contributed by atoms with Crippen molar-refractivity contribution in [3.05, 3.63) is 124 Å². The Kier molecular flexibility index (Phi) is 6.69. The maximum absolute atomic E-state index is 12.8. The smallest absolute Gasteiger partial charge is 0.338 e. The third kappa shape index (κ3) is 5.01. The second-order valence-electron chi connectivity index (χ2n) is 8.61. The van der Waals surface area contributed by atoms with Crippen molar-refractivity contribution >= 4 is 28.5 Å². The van der Waals surface area contributed by atoms with E-state index in [0.717, 1.165) is 16.8 Å². The first kappa shape index (κ1) is 24.5. The lowest BCUT2D eigenvalue weighted by atomic mass is 10.0. The molecule has 5 rings (SSSR count). The highest BCUT2D eigenvalue weighted by atomic mass is 16.6. The number of nitrogens with zero attached hydrogens (tertiary/aromatic N) is 3. The number of ketones is 1. The highest BCUT2D eigenvalue weighted by Crippen LogP contribution is 2.31. The zero-order chi connectivity index (χ0) is 26.6. The minimum Gasteiger partial charge on any atom is -0.454 e. The maximum Gasteiger partial charge on any atom is 0.338 e. The van der Waals surface area contributed by atoms with Gasteiger partial charge in [0.2, 0.25) is 5.78 Å². The molecule has 0 atom stereocenters. The number of ether oxygens (including phenoxy) is 1. The van der Waals surface area contributed by atoms with Crippen molar-refractivity contribution in [2.45, 2.75) is 6.92 Å². The molecule has 1 aromatic heterocycles. The van der Waals surface area contributed by atoms with Gasteiger partial charge in [-0.1, -0.05) is 72.8 Å². The SMILES string of the molecule is Cc1ccc(C(=O)COC(=O)c2ccc3nc(-c4ccccc4)c(-c4ccccc4)nc3c2)cc1[N+](=O)[O-]. The van der Waals surface area contributed by atoms with Crippen LogP contribution in [-0.2, 0) is 4.74 Å². The number of nitro groups is 1. The fourth-order valence-corrected chi connectivity index (χ4v) is 4.05. The van der Waals surface area contributed by atoms with Crippen molar-refractivity contribution in [1.29, 1.82) is 0 Å². The van der Waals surface area contributed by atoms with Crippen LogP contribution in [0, 0.1) is 17.0 Å². The van der Waals surface area contributed by atoms with Gasteiger partial charge in [0, 0.05) is 28.3 Å². The number of hydrogen-bond acceptors (Lipinski definition) is 7. The van der Waals surface area contributed by atoms with Gasteiger partial charge in [-0.15, -0.1) is 0 Å². The van der Waals surface area contributed by atoms with Crippen molar-refractivity contribution in [2.75, 3.05) is 6.61 Å². The van der Waals surface area contributed by atoms with E-state index in [1.807, 2.05) is 60.7 Å². The highest BCUT2D eigenvalue weighted by Gasteiger charge is 2.18. The highest BCUT2D eigenvalue weighted by molar-refractivity contribution is 6.00. The standard InChI is InChI=1S/C30H21N3O5/c1-19-12-13-22(17-26(19)33(36)37)27(34)18-38-30(35)23-14-15-24-25(16-23)32-29(21-10-6-3-7-11-21)28(31-24)20-8-4-2-5-9-20/h2-17H,18H2,1H3. The molecule has 0 amide bonds. The fraction of sp³-hybridized carbons (Fsp3) is 0.0667. The zero-order valence-electron chi connectivity index (χ0n) is 20.3. The summed E-state index contributed by atoms with van der Waals surface area (Å²) in [6.45, 7) is 1.03. The van der Waals surface area contributed by atoms with Crippen molar-refractivity contribution in [1.82, 2.24) is 9.97 Å². The van der Waals surface area contributed by atoms with Crippen LogP contribution in [0.2, 0.25) is 0 Å². The van der Waals surface area contributed by atoms with Crippen LogP contribution in [0.15, 0.2) is 97.1 Å². The van der Waals surface area contributed by atoms with Gasteiger partial charge in [0.25, 0.3) is 5.69 Å². The third-order valence-electron chi connectivity index (χ3n) is 6.06. The first-order chi connectivity index (χ1) is 18.4. The number of rotatable bonds is 7. The van der Waals surface area contributed by atoms with Crippen LogP contribution in [-0.4, -0.2) is 33.3 Å². The molecule has 0 unspecified atom stereocenters. The van der Waals surface area contributed by atoms with E-state index in [0.29, 0.717) is 22.3 Å². The van der Waals surface area contributed by atoms with E-state index in [1.54, 1.807) is 25.1 Å². The first-order valence-electron chi connectivity index (χ1n) is 11.8. The topological polar surface area (TPSA) is 112 Å². The van der Waals surface area contributed by atoms with Gasteiger partial charge < -0.3 is 4.74 Å². The summed E-state index contributed by atoms with van der Waals surface area (Å²) in [4.78, 5) is 45.6. The van der Waals surface area contributed by atoms with Crippen molar-refractivity contribution in [2.24, 2.45) is 0 Å². The van der Waals surface area contributed by atoms with E-state index in [4.69, 9.17) is 14.7 Å². The third-order valence-corrected chi connectivity index (χ3v) is 6.06. The summed E-state index contributed by atoms with van der Waals surface area (Å²) in [6.07, 6.45) is 0. The predicted octanol–water partition coefficient (Wildman–Crippen LogP) is 6.22. The molecule has 0 radical (unpaired) electrons. The van der Waals surface area contributed by atoms with E-state index < -0.39 is 23.3 Å². The zero-order valence-corrected chi connectivity index (χ0v) is 20.3. The molecule has 0 fully saturated rings. The Hall–Kier alpha value is -5.24. The number of fused-ring (bicyclic) bond motifs is 1. The van der Waals surface area contributed by atoms with E-state index in [1.165, 1.54) is 18.2 Å². The average Bonchev–Trinajstić information content (AvgIpc) is 2.95. The molecule has 186 valence electrons. The second kappa shape index (κ2) is 10.4. The van der Waals surface area contributed by atoms with Crippen LogP contribution < -0.4 is 0 Å². The number of aromatic nitrogens is 2. The lowest BCUT2D eigenvalue weighted by molar-refractivity contribution is -0.385. The van der Waals surface area contributed by atoms with Crippen LogP contribution in [0.1, 0.15) is 26.3 Å². The Labute approximate surface area is 217 Å². The molecule has 0 aliphatic carbocycles.